The molecule has 2 heterocycles. The molecular formula is C12H16BrClN2. The molecule has 0 bridgehead atoms. The highest BCUT2D eigenvalue weighted by atomic mass is 79.9. The second-order valence-electron chi connectivity index (χ2n) is 4.34. The van der Waals surface area contributed by atoms with Crippen molar-refractivity contribution in [3.8, 4) is 0 Å². The molecular weight excluding hydrogens is 288 g/mol. The van der Waals surface area contributed by atoms with E-state index in [4.69, 9.17) is 11.6 Å². The van der Waals surface area contributed by atoms with Crippen molar-refractivity contribution in [1.29, 1.82) is 0 Å². The predicted octanol–water partition coefficient (Wildman–Crippen LogP) is 3.61. The van der Waals surface area contributed by atoms with E-state index in [0.717, 1.165) is 41.6 Å². The summed E-state index contributed by atoms with van der Waals surface area (Å²) in [5.74, 6) is 2.57. The van der Waals surface area contributed by atoms with Crippen LogP contribution in [0.5, 0.6) is 0 Å². The van der Waals surface area contributed by atoms with Crippen LogP contribution >= 0.6 is 27.5 Å². The fraction of sp³-hybridized carbons (Fsp3) is 0.583. The Kier molecular flexibility index (Phi) is 4.09. The third-order valence-electron chi connectivity index (χ3n) is 3.17. The first kappa shape index (κ1) is 12.2. The van der Waals surface area contributed by atoms with Gasteiger partial charge in [-0.05, 0) is 53.2 Å². The van der Waals surface area contributed by atoms with Gasteiger partial charge in [-0.25, -0.2) is 4.98 Å². The van der Waals surface area contributed by atoms with E-state index in [1.165, 1.54) is 12.0 Å². The van der Waals surface area contributed by atoms with Crippen molar-refractivity contribution < 1.29 is 0 Å². The summed E-state index contributed by atoms with van der Waals surface area (Å²) in [4.78, 5) is 6.82. The first-order chi connectivity index (χ1) is 7.72. The van der Waals surface area contributed by atoms with Gasteiger partial charge < -0.3 is 4.90 Å². The molecule has 0 aliphatic carbocycles. The number of pyridine rings is 1. The second kappa shape index (κ2) is 5.37. The Morgan fingerprint density at radius 1 is 1.62 bits per heavy atom. The number of hydrogen-bond donors (Lipinski definition) is 0. The molecule has 1 saturated heterocycles. The number of halogens is 2. The third-order valence-corrected chi connectivity index (χ3v) is 4.36. The lowest BCUT2D eigenvalue weighted by Gasteiger charge is -2.19. The maximum atomic E-state index is 5.79. The highest BCUT2D eigenvalue weighted by Gasteiger charge is 2.24. The summed E-state index contributed by atoms with van der Waals surface area (Å²) in [5.41, 5.74) is 1.24. The Bertz CT molecular complexity index is 370. The lowest BCUT2D eigenvalue weighted by molar-refractivity contribution is 0.572. The second-order valence-corrected chi connectivity index (χ2v) is 5.51. The van der Waals surface area contributed by atoms with Crippen LogP contribution in [0.2, 0.25) is 0 Å². The van der Waals surface area contributed by atoms with Gasteiger partial charge in [-0.2, -0.15) is 0 Å². The molecule has 1 fully saturated rings. The molecule has 0 N–H and O–H groups in total. The molecule has 1 unspecified atom stereocenters. The third kappa shape index (κ3) is 2.51. The van der Waals surface area contributed by atoms with E-state index in [9.17, 15) is 0 Å². The number of nitrogens with zero attached hydrogens (tertiary/aromatic N) is 2. The van der Waals surface area contributed by atoms with Crippen LogP contribution in [-0.4, -0.2) is 24.0 Å². The molecule has 0 spiro atoms. The molecule has 88 valence electrons. The van der Waals surface area contributed by atoms with Crippen LogP contribution in [0.4, 0.5) is 5.82 Å². The molecule has 0 saturated carbocycles. The zero-order valence-electron chi connectivity index (χ0n) is 9.42. The van der Waals surface area contributed by atoms with Crippen molar-refractivity contribution in [2.24, 2.45) is 5.92 Å². The van der Waals surface area contributed by atoms with E-state index in [1.807, 2.05) is 12.3 Å². The lowest BCUT2D eigenvalue weighted by atomic mass is 10.1. The van der Waals surface area contributed by atoms with Gasteiger partial charge in [0.25, 0.3) is 0 Å². The molecule has 0 amide bonds. The standard InChI is InChI=1S/C12H16BrClN2/c1-9-3-6-15-12(11(9)13)16-7-4-10(8-16)2-5-14/h3,6,10H,2,4-5,7-8H2,1H3. The van der Waals surface area contributed by atoms with Gasteiger partial charge in [-0.15, -0.1) is 11.6 Å². The normalized spacial score (nSPS) is 20.4. The first-order valence-electron chi connectivity index (χ1n) is 5.64. The Labute approximate surface area is 110 Å². The summed E-state index contributed by atoms with van der Waals surface area (Å²) in [6, 6.07) is 2.03. The van der Waals surface area contributed by atoms with Crippen LogP contribution in [0.1, 0.15) is 18.4 Å². The van der Waals surface area contributed by atoms with Gasteiger partial charge in [0.15, 0.2) is 0 Å². The van der Waals surface area contributed by atoms with Crippen molar-refractivity contribution in [1.82, 2.24) is 4.98 Å². The van der Waals surface area contributed by atoms with E-state index in [1.54, 1.807) is 0 Å². The van der Waals surface area contributed by atoms with Gasteiger partial charge in [0, 0.05) is 25.2 Å². The minimum absolute atomic E-state index is 0.728. The number of rotatable bonds is 3. The number of aromatic nitrogens is 1. The number of hydrogen-bond acceptors (Lipinski definition) is 2. The van der Waals surface area contributed by atoms with Crippen molar-refractivity contribution in [3.63, 3.8) is 0 Å². The minimum atomic E-state index is 0.728. The van der Waals surface area contributed by atoms with Gasteiger partial charge >= 0.3 is 0 Å². The Balaban J connectivity index is 2.11. The number of anilines is 1. The molecule has 0 radical (unpaired) electrons. The molecule has 2 rings (SSSR count). The molecule has 0 aromatic carbocycles. The summed E-state index contributed by atoms with van der Waals surface area (Å²) in [6.07, 6.45) is 4.22. The Morgan fingerprint density at radius 3 is 3.19 bits per heavy atom. The van der Waals surface area contributed by atoms with Crippen molar-refractivity contribution in [3.05, 3.63) is 22.3 Å². The van der Waals surface area contributed by atoms with Crippen LogP contribution in [0.3, 0.4) is 0 Å². The van der Waals surface area contributed by atoms with E-state index >= 15 is 0 Å². The van der Waals surface area contributed by atoms with Crippen LogP contribution in [0.15, 0.2) is 16.7 Å². The van der Waals surface area contributed by atoms with Gasteiger partial charge in [-0.1, -0.05) is 0 Å². The van der Waals surface area contributed by atoms with Crippen molar-refractivity contribution in [2.45, 2.75) is 19.8 Å². The van der Waals surface area contributed by atoms with Crippen LogP contribution in [-0.2, 0) is 0 Å². The Morgan fingerprint density at radius 2 is 2.44 bits per heavy atom. The summed E-state index contributed by atoms with van der Waals surface area (Å²) in [5, 5.41) is 0. The lowest BCUT2D eigenvalue weighted by Crippen LogP contribution is -2.21. The molecule has 1 aromatic heterocycles. The average Bonchev–Trinajstić information content (AvgIpc) is 2.71. The largest absolute Gasteiger partial charge is 0.355 e. The molecule has 4 heteroatoms. The number of aryl methyl sites for hydroxylation is 1. The highest BCUT2D eigenvalue weighted by Crippen LogP contribution is 2.31. The molecule has 16 heavy (non-hydrogen) atoms. The van der Waals surface area contributed by atoms with Gasteiger partial charge in [0.05, 0.1) is 4.47 Å². The Hall–Kier alpha value is -0.280. The fourth-order valence-electron chi connectivity index (χ4n) is 2.16. The predicted molar refractivity (Wildman–Crippen MR) is 72.3 cm³/mol. The topological polar surface area (TPSA) is 16.1 Å². The zero-order valence-corrected chi connectivity index (χ0v) is 11.8. The van der Waals surface area contributed by atoms with E-state index in [2.05, 4.69) is 32.7 Å². The maximum absolute atomic E-state index is 5.79. The summed E-state index contributed by atoms with van der Waals surface area (Å²) in [7, 11) is 0. The minimum Gasteiger partial charge on any atom is -0.355 e. The molecule has 1 aliphatic heterocycles. The summed E-state index contributed by atoms with van der Waals surface area (Å²) >= 11 is 9.41. The number of alkyl halides is 1. The zero-order chi connectivity index (χ0) is 11.5. The quantitative estimate of drug-likeness (QED) is 0.793. The van der Waals surface area contributed by atoms with Gasteiger partial charge in [0.2, 0.25) is 0 Å². The summed E-state index contributed by atoms with van der Waals surface area (Å²) < 4.78 is 1.13. The maximum Gasteiger partial charge on any atom is 0.143 e. The van der Waals surface area contributed by atoms with Crippen LogP contribution in [0, 0.1) is 12.8 Å². The molecule has 1 aromatic rings. The van der Waals surface area contributed by atoms with E-state index in [0.29, 0.717) is 0 Å². The van der Waals surface area contributed by atoms with Crippen molar-refractivity contribution in [2.75, 3.05) is 23.9 Å². The fourth-order valence-corrected chi connectivity index (χ4v) is 2.96. The van der Waals surface area contributed by atoms with Gasteiger partial charge in [-0.3, -0.25) is 0 Å². The average molecular weight is 304 g/mol. The van der Waals surface area contributed by atoms with Crippen molar-refractivity contribution >= 4 is 33.3 Å². The van der Waals surface area contributed by atoms with E-state index < -0.39 is 0 Å². The summed E-state index contributed by atoms with van der Waals surface area (Å²) in [6.45, 7) is 4.28. The molecule has 2 nitrogen and oxygen atoms in total. The molecule has 1 atom stereocenters. The van der Waals surface area contributed by atoms with Gasteiger partial charge in [0.1, 0.15) is 5.82 Å². The smallest absolute Gasteiger partial charge is 0.143 e. The SMILES string of the molecule is Cc1ccnc(N2CCC(CCCl)C2)c1Br. The first-order valence-corrected chi connectivity index (χ1v) is 6.97. The highest BCUT2D eigenvalue weighted by molar-refractivity contribution is 9.10. The molecule has 1 aliphatic rings. The van der Waals surface area contributed by atoms with Crippen LogP contribution < -0.4 is 4.90 Å². The van der Waals surface area contributed by atoms with Crippen LogP contribution in [0.25, 0.3) is 0 Å². The monoisotopic (exact) mass is 302 g/mol. The van der Waals surface area contributed by atoms with E-state index in [-0.39, 0.29) is 0 Å².